The zero-order valence-electron chi connectivity index (χ0n) is 16.4. The number of methoxy groups -OCH3 is 2. The highest BCUT2D eigenvalue weighted by Crippen LogP contribution is 2.50. The molecule has 0 heterocycles. The Hall–Kier alpha value is -3.32. The average Bonchev–Trinajstić information content (AvgIpc) is 2.75. The Morgan fingerprint density at radius 2 is 1.57 bits per heavy atom. The molecule has 3 aromatic carbocycles. The highest BCUT2D eigenvalue weighted by Gasteiger charge is 2.22. The van der Waals surface area contributed by atoms with E-state index in [-0.39, 0.29) is 23.0 Å². The molecule has 7 heteroatoms. The van der Waals surface area contributed by atoms with E-state index in [1.807, 2.05) is 0 Å². The topological polar surface area (TPSA) is 88.4 Å². The van der Waals surface area contributed by atoms with E-state index >= 15 is 0 Å². The lowest BCUT2D eigenvalue weighted by Crippen LogP contribution is -1.96. The predicted octanol–water partition coefficient (Wildman–Crippen LogP) is 5.44. The minimum atomic E-state index is -0.129. The van der Waals surface area contributed by atoms with Gasteiger partial charge in [0.05, 0.1) is 19.8 Å². The number of hydrogen-bond acceptors (Lipinski definition) is 6. The van der Waals surface area contributed by atoms with Gasteiger partial charge in [-0.2, -0.15) is 0 Å². The fourth-order valence-electron chi connectivity index (χ4n) is 3.10. The molecule has 0 atom stereocenters. The SMILES string of the molecule is COc1cc(-c2ccc(O)cc2)c(OC)c(O)c1-c1ccc(OCC=CBr)c(O)c1. The van der Waals surface area contributed by atoms with Gasteiger partial charge in [0.2, 0.25) is 0 Å². The molecule has 0 aromatic heterocycles. The van der Waals surface area contributed by atoms with Gasteiger partial charge in [0.1, 0.15) is 18.1 Å². The predicted molar refractivity (Wildman–Crippen MR) is 119 cm³/mol. The van der Waals surface area contributed by atoms with Crippen LogP contribution in [0.15, 0.2) is 59.6 Å². The van der Waals surface area contributed by atoms with Gasteiger partial charge in [-0.05, 0) is 52.5 Å². The van der Waals surface area contributed by atoms with E-state index in [0.29, 0.717) is 34.8 Å². The normalized spacial score (nSPS) is 10.9. The molecular formula is C23H21BrO6. The van der Waals surface area contributed by atoms with E-state index in [1.165, 1.54) is 20.3 Å². The summed E-state index contributed by atoms with van der Waals surface area (Å²) in [5.41, 5.74) is 2.23. The smallest absolute Gasteiger partial charge is 0.170 e. The summed E-state index contributed by atoms with van der Waals surface area (Å²) < 4.78 is 16.5. The Morgan fingerprint density at radius 1 is 0.867 bits per heavy atom. The third kappa shape index (κ3) is 4.31. The van der Waals surface area contributed by atoms with Crippen molar-refractivity contribution in [2.45, 2.75) is 0 Å². The maximum atomic E-state index is 11.0. The lowest BCUT2D eigenvalue weighted by atomic mass is 9.96. The quantitative estimate of drug-likeness (QED) is 0.424. The summed E-state index contributed by atoms with van der Waals surface area (Å²) in [6, 6.07) is 13.1. The van der Waals surface area contributed by atoms with Crippen molar-refractivity contribution in [1.29, 1.82) is 0 Å². The van der Waals surface area contributed by atoms with Crippen molar-refractivity contribution in [3.05, 3.63) is 59.6 Å². The highest BCUT2D eigenvalue weighted by atomic mass is 79.9. The number of phenols is 3. The average molecular weight is 473 g/mol. The molecule has 30 heavy (non-hydrogen) atoms. The minimum absolute atomic E-state index is 0.0708. The van der Waals surface area contributed by atoms with Crippen LogP contribution in [0.4, 0.5) is 0 Å². The third-order valence-electron chi connectivity index (χ3n) is 4.49. The number of rotatable bonds is 7. The second kappa shape index (κ2) is 9.45. The molecular weight excluding hydrogens is 452 g/mol. The lowest BCUT2D eigenvalue weighted by Gasteiger charge is -2.18. The summed E-state index contributed by atoms with van der Waals surface area (Å²) in [6.45, 7) is 0.294. The Balaban J connectivity index is 2.11. The second-order valence-electron chi connectivity index (χ2n) is 6.29. The van der Waals surface area contributed by atoms with Gasteiger partial charge in [-0.3, -0.25) is 0 Å². The first-order chi connectivity index (χ1) is 14.5. The van der Waals surface area contributed by atoms with Gasteiger partial charge in [-0.1, -0.05) is 34.1 Å². The van der Waals surface area contributed by atoms with Crippen molar-refractivity contribution >= 4 is 15.9 Å². The van der Waals surface area contributed by atoms with Gasteiger partial charge in [0.15, 0.2) is 23.0 Å². The lowest BCUT2D eigenvalue weighted by molar-refractivity contribution is 0.336. The molecule has 0 amide bonds. The zero-order chi connectivity index (χ0) is 21.7. The molecule has 0 radical (unpaired) electrons. The summed E-state index contributed by atoms with van der Waals surface area (Å²) >= 11 is 3.16. The fourth-order valence-corrected chi connectivity index (χ4v) is 3.25. The van der Waals surface area contributed by atoms with Crippen LogP contribution in [-0.2, 0) is 0 Å². The molecule has 3 rings (SSSR count). The van der Waals surface area contributed by atoms with Crippen LogP contribution in [0.3, 0.4) is 0 Å². The summed E-state index contributed by atoms with van der Waals surface area (Å²) in [4.78, 5) is 1.67. The van der Waals surface area contributed by atoms with Crippen molar-refractivity contribution in [2.24, 2.45) is 0 Å². The van der Waals surface area contributed by atoms with Crippen LogP contribution in [-0.4, -0.2) is 36.1 Å². The summed E-state index contributed by atoms with van der Waals surface area (Å²) in [6.07, 6.45) is 1.75. The zero-order valence-corrected chi connectivity index (χ0v) is 18.0. The van der Waals surface area contributed by atoms with Gasteiger partial charge >= 0.3 is 0 Å². The number of halogens is 1. The third-order valence-corrected chi connectivity index (χ3v) is 4.87. The Morgan fingerprint density at radius 3 is 2.17 bits per heavy atom. The summed E-state index contributed by atoms with van der Waals surface area (Å²) in [5.74, 6) is 0.893. The molecule has 3 aromatic rings. The van der Waals surface area contributed by atoms with Gasteiger partial charge in [-0.15, -0.1) is 0 Å². The molecule has 156 valence electrons. The Labute approximate surface area is 182 Å². The van der Waals surface area contributed by atoms with Crippen molar-refractivity contribution in [2.75, 3.05) is 20.8 Å². The van der Waals surface area contributed by atoms with Crippen LogP contribution < -0.4 is 14.2 Å². The van der Waals surface area contributed by atoms with Crippen molar-refractivity contribution in [1.82, 2.24) is 0 Å². The van der Waals surface area contributed by atoms with Crippen molar-refractivity contribution in [3.8, 4) is 56.8 Å². The van der Waals surface area contributed by atoms with Crippen LogP contribution in [0.5, 0.6) is 34.5 Å². The molecule has 0 aliphatic rings. The molecule has 0 spiro atoms. The van der Waals surface area contributed by atoms with E-state index in [4.69, 9.17) is 14.2 Å². The van der Waals surface area contributed by atoms with Gasteiger partial charge in [0, 0.05) is 5.56 Å². The second-order valence-corrected chi connectivity index (χ2v) is 6.81. The van der Waals surface area contributed by atoms with Crippen molar-refractivity contribution in [3.63, 3.8) is 0 Å². The van der Waals surface area contributed by atoms with Gasteiger partial charge < -0.3 is 29.5 Å². The highest BCUT2D eigenvalue weighted by molar-refractivity contribution is 9.11. The first kappa shape index (κ1) is 21.4. The number of benzene rings is 3. The Kier molecular flexibility index (Phi) is 6.74. The number of aromatic hydroxyl groups is 3. The summed E-state index contributed by atoms with van der Waals surface area (Å²) in [7, 11) is 2.95. The van der Waals surface area contributed by atoms with Crippen LogP contribution in [0.1, 0.15) is 0 Å². The maximum Gasteiger partial charge on any atom is 0.170 e. The summed E-state index contributed by atoms with van der Waals surface area (Å²) in [5, 5.41) is 30.9. The minimum Gasteiger partial charge on any atom is -0.508 e. The first-order valence-electron chi connectivity index (χ1n) is 8.98. The van der Waals surface area contributed by atoms with Gasteiger partial charge in [0.25, 0.3) is 0 Å². The van der Waals surface area contributed by atoms with Crippen molar-refractivity contribution < 1.29 is 29.5 Å². The fraction of sp³-hybridized carbons (Fsp3) is 0.130. The number of ether oxygens (including phenoxy) is 3. The van der Waals surface area contributed by atoms with Gasteiger partial charge in [-0.25, -0.2) is 0 Å². The van der Waals surface area contributed by atoms with Crippen LogP contribution in [0.2, 0.25) is 0 Å². The molecule has 0 saturated heterocycles. The molecule has 0 saturated carbocycles. The number of phenolic OH excluding ortho intramolecular Hbond substituents is 3. The van der Waals surface area contributed by atoms with Crippen LogP contribution in [0.25, 0.3) is 22.3 Å². The van der Waals surface area contributed by atoms with E-state index in [9.17, 15) is 15.3 Å². The molecule has 0 unspecified atom stereocenters. The molecule has 3 N–H and O–H groups in total. The van der Waals surface area contributed by atoms with Crippen LogP contribution >= 0.6 is 15.9 Å². The Bertz CT molecular complexity index is 1060. The van der Waals surface area contributed by atoms with E-state index in [2.05, 4.69) is 15.9 Å². The largest absolute Gasteiger partial charge is 0.508 e. The maximum absolute atomic E-state index is 11.0. The van der Waals surface area contributed by atoms with E-state index in [0.717, 1.165) is 5.56 Å². The van der Waals surface area contributed by atoms with Crippen LogP contribution in [0, 0.1) is 0 Å². The molecule has 6 nitrogen and oxygen atoms in total. The number of hydrogen-bond donors (Lipinski definition) is 3. The monoisotopic (exact) mass is 472 g/mol. The van der Waals surface area contributed by atoms with E-state index in [1.54, 1.807) is 53.5 Å². The van der Waals surface area contributed by atoms with E-state index < -0.39 is 0 Å². The molecule has 0 aliphatic heterocycles. The molecule has 0 fully saturated rings. The molecule has 0 aliphatic carbocycles. The first-order valence-corrected chi connectivity index (χ1v) is 9.90. The standard InChI is InChI=1S/C23H21BrO6/c1-28-20-13-17(14-4-7-16(25)8-5-14)23(29-2)22(27)21(20)15-6-9-19(18(26)12-15)30-11-3-10-24/h3-10,12-13,25-27H,11H2,1-2H3. The molecule has 0 bridgehead atoms.